The number of benzene rings is 14. The van der Waals surface area contributed by atoms with Crippen molar-refractivity contribution in [1.29, 1.82) is 0 Å². The van der Waals surface area contributed by atoms with Crippen molar-refractivity contribution in [2.75, 3.05) is 10.2 Å². The van der Waals surface area contributed by atoms with Crippen molar-refractivity contribution in [3.8, 4) is 33.4 Å². The SMILES string of the molecule is c1ccc(C2Nc3cc(-c4cc(-c5ccc6c7ccccc7c7ccccc7c6c5)c5cc(-c6ccc7c8ccccc8c8ccccc8c7c6)c6ccccc6c5c4)ccc3N2c2ccccc2)cc1. The Morgan fingerprint density at radius 1 is 0.254 bits per heavy atom. The fraction of sp³-hybridized carbons (Fsp3) is 0.0145. The minimum atomic E-state index is -0.0475. The molecule has 1 aliphatic rings. The summed E-state index contributed by atoms with van der Waals surface area (Å²) < 4.78 is 0. The Hall–Kier alpha value is -9.24. The molecule has 0 saturated heterocycles. The minimum absolute atomic E-state index is 0.0475. The van der Waals surface area contributed by atoms with Crippen LogP contribution >= 0.6 is 0 Å². The number of nitrogens with zero attached hydrogens (tertiary/aromatic N) is 1. The second-order valence-corrected chi connectivity index (χ2v) is 19.2. The van der Waals surface area contributed by atoms with E-state index in [4.69, 9.17) is 0 Å². The summed E-state index contributed by atoms with van der Waals surface area (Å²) in [5.74, 6) is 0. The van der Waals surface area contributed by atoms with E-state index in [0.29, 0.717) is 0 Å². The third-order valence-corrected chi connectivity index (χ3v) is 15.4. The van der Waals surface area contributed by atoms with E-state index in [0.717, 1.165) is 17.1 Å². The van der Waals surface area contributed by atoms with E-state index >= 15 is 0 Å². The monoisotopic (exact) mass is 900 g/mol. The molecule has 14 aromatic rings. The molecule has 15 rings (SSSR count). The number of nitrogens with one attached hydrogen (secondary N) is 1. The van der Waals surface area contributed by atoms with Crippen LogP contribution in [0.3, 0.4) is 0 Å². The molecule has 0 bridgehead atoms. The molecule has 1 atom stereocenters. The van der Waals surface area contributed by atoms with E-state index in [2.05, 4.69) is 265 Å². The number of fused-ring (bicyclic) bond motifs is 16. The Kier molecular flexibility index (Phi) is 8.75. The zero-order valence-electron chi connectivity index (χ0n) is 38.8. The lowest BCUT2D eigenvalue weighted by Gasteiger charge is -2.27. The molecule has 1 aliphatic heterocycles. The van der Waals surface area contributed by atoms with Gasteiger partial charge in [-0.2, -0.15) is 0 Å². The summed E-state index contributed by atoms with van der Waals surface area (Å²) in [4.78, 5) is 2.43. The van der Waals surface area contributed by atoms with Crippen molar-refractivity contribution < 1.29 is 0 Å². The summed E-state index contributed by atoms with van der Waals surface area (Å²) in [6, 6.07) is 94.7. The molecule has 330 valence electrons. The van der Waals surface area contributed by atoms with Crippen molar-refractivity contribution in [3.63, 3.8) is 0 Å². The van der Waals surface area contributed by atoms with Gasteiger partial charge in [0, 0.05) is 5.69 Å². The third kappa shape index (κ3) is 6.15. The smallest absolute Gasteiger partial charge is 0.130 e. The standard InChI is InChI=1S/C69H44N2/c1-3-17-43(18-4-1)69-70-67-41-44(33-36-68(67)71(69)48-19-5-2-6-20-48)47-39-61(45-31-34-59-53-25-9-7-21-49(53)51-23-11-14-28-56(51)63(59)37-45)66-42-62(55-27-13-16-30-58(55)65(66)40-47)46-32-35-60-54-26-10-8-22-50(54)52-24-12-15-29-57(52)64(60)38-46/h1-42,69-70H. The molecule has 0 saturated carbocycles. The molecule has 2 nitrogen and oxygen atoms in total. The van der Waals surface area contributed by atoms with E-state index in [-0.39, 0.29) is 6.17 Å². The average molecular weight is 901 g/mol. The molecule has 0 aromatic heterocycles. The summed E-state index contributed by atoms with van der Waals surface area (Å²) in [5, 5.41) is 24.2. The van der Waals surface area contributed by atoms with Crippen LogP contribution in [0, 0.1) is 0 Å². The van der Waals surface area contributed by atoms with Crippen LogP contribution in [0.1, 0.15) is 11.7 Å². The molecule has 0 fully saturated rings. The molecule has 1 unspecified atom stereocenters. The Bertz CT molecular complexity index is 4430. The van der Waals surface area contributed by atoms with Gasteiger partial charge >= 0.3 is 0 Å². The molecule has 0 spiro atoms. The first-order chi connectivity index (χ1) is 35.2. The van der Waals surface area contributed by atoms with Crippen LogP contribution in [0.5, 0.6) is 0 Å². The quantitative estimate of drug-likeness (QED) is 0.173. The molecule has 71 heavy (non-hydrogen) atoms. The van der Waals surface area contributed by atoms with E-state index < -0.39 is 0 Å². The number of anilines is 3. The van der Waals surface area contributed by atoms with Gasteiger partial charge in [-0.25, -0.2) is 0 Å². The van der Waals surface area contributed by atoms with Gasteiger partial charge < -0.3 is 10.2 Å². The predicted molar refractivity (Wildman–Crippen MR) is 304 cm³/mol. The van der Waals surface area contributed by atoms with Crippen LogP contribution in [-0.2, 0) is 0 Å². The summed E-state index contributed by atoms with van der Waals surface area (Å²) in [7, 11) is 0. The van der Waals surface area contributed by atoms with Gasteiger partial charge in [0.1, 0.15) is 6.17 Å². The fourth-order valence-corrected chi connectivity index (χ4v) is 12.1. The van der Waals surface area contributed by atoms with Gasteiger partial charge in [0.15, 0.2) is 0 Å². The van der Waals surface area contributed by atoms with E-state index in [1.165, 1.54) is 125 Å². The maximum Gasteiger partial charge on any atom is 0.130 e. The zero-order chi connectivity index (χ0) is 46.6. The molecule has 0 aliphatic carbocycles. The topological polar surface area (TPSA) is 15.3 Å². The van der Waals surface area contributed by atoms with Crippen molar-refractivity contribution in [3.05, 3.63) is 260 Å². The molecule has 0 amide bonds. The van der Waals surface area contributed by atoms with Crippen molar-refractivity contribution in [1.82, 2.24) is 0 Å². The van der Waals surface area contributed by atoms with Gasteiger partial charge in [0.05, 0.1) is 11.4 Å². The van der Waals surface area contributed by atoms with Crippen molar-refractivity contribution >= 4 is 103 Å². The first-order valence-corrected chi connectivity index (χ1v) is 24.7. The van der Waals surface area contributed by atoms with Gasteiger partial charge in [-0.15, -0.1) is 0 Å². The molecule has 1 heterocycles. The van der Waals surface area contributed by atoms with Gasteiger partial charge in [0.2, 0.25) is 0 Å². The highest BCUT2D eigenvalue weighted by Crippen LogP contribution is 2.49. The molecular formula is C69H44N2. The highest BCUT2D eigenvalue weighted by molar-refractivity contribution is 6.28. The summed E-state index contributed by atoms with van der Waals surface area (Å²) in [5.41, 5.74) is 11.8. The second-order valence-electron chi connectivity index (χ2n) is 19.2. The Labute approximate surface area is 411 Å². The van der Waals surface area contributed by atoms with Gasteiger partial charge in [-0.05, 0) is 180 Å². The zero-order valence-corrected chi connectivity index (χ0v) is 38.8. The number of hydrogen-bond donors (Lipinski definition) is 1. The normalized spacial score (nSPS) is 13.6. The average Bonchev–Trinajstić information content (AvgIpc) is 3.84. The van der Waals surface area contributed by atoms with Crippen LogP contribution in [0.4, 0.5) is 17.1 Å². The highest BCUT2D eigenvalue weighted by atomic mass is 15.3. The number of rotatable bonds is 5. The molecule has 1 N–H and O–H groups in total. The van der Waals surface area contributed by atoms with Crippen LogP contribution in [0.25, 0.3) is 120 Å². The first kappa shape index (κ1) is 39.7. The maximum absolute atomic E-state index is 3.96. The van der Waals surface area contributed by atoms with Crippen LogP contribution < -0.4 is 10.2 Å². The summed E-state index contributed by atoms with van der Waals surface area (Å²) in [6.45, 7) is 0. The summed E-state index contributed by atoms with van der Waals surface area (Å²) in [6.07, 6.45) is -0.0475. The summed E-state index contributed by atoms with van der Waals surface area (Å²) >= 11 is 0. The number of para-hydroxylation sites is 1. The maximum atomic E-state index is 3.96. The molecule has 2 heteroatoms. The van der Waals surface area contributed by atoms with E-state index in [1.807, 2.05) is 0 Å². The minimum Gasteiger partial charge on any atom is -0.359 e. The lowest BCUT2D eigenvalue weighted by atomic mass is 9.85. The predicted octanol–water partition coefficient (Wildman–Crippen LogP) is 19.2. The lowest BCUT2D eigenvalue weighted by molar-refractivity contribution is 0.828. The Morgan fingerprint density at radius 3 is 1.15 bits per heavy atom. The fourth-order valence-electron chi connectivity index (χ4n) is 12.1. The Morgan fingerprint density at radius 2 is 0.634 bits per heavy atom. The molecule has 14 aromatic carbocycles. The van der Waals surface area contributed by atoms with Crippen LogP contribution in [0.2, 0.25) is 0 Å². The van der Waals surface area contributed by atoms with Crippen LogP contribution in [0.15, 0.2) is 255 Å². The third-order valence-electron chi connectivity index (χ3n) is 15.4. The number of hydrogen-bond acceptors (Lipinski definition) is 2. The van der Waals surface area contributed by atoms with Crippen LogP contribution in [-0.4, -0.2) is 0 Å². The lowest BCUT2D eigenvalue weighted by Crippen LogP contribution is -2.23. The molecule has 0 radical (unpaired) electrons. The van der Waals surface area contributed by atoms with Crippen molar-refractivity contribution in [2.45, 2.75) is 6.17 Å². The van der Waals surface area contributed by atoms with Gasteiger partial charge in [0.25, 0.3) is 0 Å². The first-order valence-electron chi connectivity index (χ1n) is 24.7. The van der Waals surface area contributed by atoms with Crippen molar-refractivity contribution in [2.24, 2.45) is 0 Å². The van der Waals surface area contributed by atoms with E-state index in [1.54, 1.807) is 0 Å². The second kappa shape index (κ2) is 15.6. The van der Waals surface area contributed by atoms with Gasteiger partial charge in [-0.3, -0.25) is 0 Å². The largest absolute Gasteiger partial charge is 0.359 e. The molecular weight excluding hydrogens is 857 g/mol. The Balaban J connectivity index is 0.989. The van der Waals surface area contributed by atoms with E-state index in [9.17, 15) is 0 Å². The van der Waals surface area contributed by atoms with Gasteiger partial charge in [-0.1, -0.05) is 200 Å². The highest BCUT2D eigenvalue weighted by Gasteiger charge is 2.31.